The molecule has 1 aliphatic rings. The summed E-state index contributed by atoms with van der Waals surface area (Å²) < 4.78 is 1.27. The van der Waals surface area contributed by atoms with Crippen molar-refractivity contribution >= 4 is 58.2 Å². The molecule has 0 unspecified atom stereocenters. The molecule has 3 rings (SSSR count). The molecule has 0 saturated heterocycles. The summed E-state index contributed by atoms with van der Waals surface area (Å²) in [7, 11) is 0. The van der Waals surface area contributed by atoms with E-state index in [1.165, 1.54) is 4.68 Å². The standard InChI is InChI=1S/C15H17Cl2N7OS/c16-10-6-3-7-11(13(10)17)19-12(25)8-26-15-23-22-14(24(15)18)21-20-9-4-1-2-5-9/h3,6-7H,1-2,4-5,8,18H2,(H,19,25)(H,21,22). The summed E-state index contributed by atoms with van der Waals surface area (Å²) >= 11 is 13.1. The van der Waals surface area contributed by atoms with Gasteiger partial charge in [0.2, 0.25) is 11.1 Å². The van der Waals surface area contributed by atoms with E-state index >= 15 is 0 Å². The van der Waals surface area contributed by atoms with Crippen molar-refractivity contribution in [3.05, 3.63) is 28.2 Å². The highest BCUT2D eigenvalue weighted by atomic mass is 35.5. The van der Waals surface area contributed by atoms with Gasteiger partial charge in [0.25, 0.3) is 5.95 Å². The molecule has 4 N–H and O–H groups in total. The molecule has 0 radical (unpaired) electrons. The van der Waals surface area contributed by atoms with Gasteiger partial charge in [0.15, 0.2) is 0 Å². The van der Waals surface area contributed by atoms with Gasteiger partial charge in [-0.2, -0.15) is 5.10 Å². The predicted molar refractivity (Wildman–Crippen MR) is 106 cm³/mol. The van der Waals surface area contributed by atoms with Crippen LogP contribution in [0.2, 0.25) is 10.0 Å². The highest BCUT2D eigenvalue weighted by Crippen LogP contribution is 2.29. The fourth-order valence-electron chi connectivity index (χ4n) is 2.39. The van der Waals surface area contributed by atoms with Gasteiger partial charge in [-0.05, 0) is 37.8 Å². The first-order valence-electron chi connectivity index (χ1n) is 7.93. The highest BCUT2D eigenvalue weighted by molar-refractivity contribution is 7.99. The van der Waals surface area contributed by atoms with Crippen molar-refractivity contribution in [1.82, 2.24) is 14.9 Å². The molecule has 138 valence electrons. The normalized spacial score (nSPS) is 13.7. The summed E-state index contributed by atoms with van der Waals surface area (Å²) in [6.07, 6.45) is 4.28. The number of rotatable bonds is 6. The number of carbonyl (C=O) groups excluding carboxylic acids is 1. The maximum atomic E-state index is 12.1. The zero-order valence-corrected chi connectivity index (χ0v) is 16.0. The molecule has 0 spiro atoms. The number of nitrogens with one attached hydrogen (secondary N) is 2. The average Bonchev–Trinajstić information content (AvgIpc) is 3.25. The number of thioether (sulfide) groups is 1. The number of benzene rings is 1. The van der Waals surface area contributed by atoms with Gasteiger partial charge in [-0.15, -0.1) is 10.2 Å². The van der Waals surface area contributed by atoms with Crippen molar-refractivity contribution in [3.8, 4) is 0 Å². The molecule has 1 aromatic heterocycles. The van der Waals surface area contributed by atoms with E-state index in [-0.39, 0.29) is 11.7 Å². The zero-order chi connectivity index (χ0) is 18.5. The zero-order valence-electron chi connectivity index (χ0n) is 13.7. The van der Waals surface area contributed by atoms with Crippen molar-refractivity contribution in [2.24, 2.45) is 5.10 Å². The van der Waals surface area contributed by atoms with Gasteiger partial charge in [0.05, 0.1) is 21.5 Å². The molecular weight excluding hydrogens is 397 g/mol. The van der Waals surface area contributed by atoms with Crippen LogP contribution in [-0.4, -0.2) is 32.2 Å². The second-order valence-electron chi connectivity index (χ2n) is 5.61. The largest absolute Gasteiger partial charge is 0.334 e. The van der Waals surface area contributed by atoms with E-state index in [0.717, 1.165) is 43.2 Å². The molecule has 11 heteroatoms. The van der Waals surface area contributed by atoms with Gasteiger partial charge in [0, 0.05) is 5.71 Å². The predicted octanol–water partition coefficient (Wildman–Crippen LogP) is 3.37. The number of halogens is 2. The number of hydrazone groups is 1. The minimum absolute atomic E-state index is 0.0900. The monoisotopic (exact) mass is 413 g/mol. The van der Waals surface area contributed by atoms with Crippen LogP contribution in [0.5, 0.6) is 0 Å². The first-order chi connectivity index (χ1) is 12.5. The Morgan fingerprint density at radius 3 is 2.85 bits per heavy atom. The van der Waals surface area contributed by atoms with Crippen LogP contribution in [0, 0.1) is 0 Å². The third-order valence-corrected chi connectivity index (χ3v) is 5.48. The first kappa shape index (κ1) is 18.8. The van der Waals surface area contributed by atoms with Crippen LogP contribution in [0.4, 0.5) is 11.6 Å². The quantitative estimate of drug-likeness (QED) is 0.380. The van der Waals surface area contributed by atoms with Crippen LogP contribution in [0.3, 0.4) is 0 Å². The highest BCUT2D eigenvalue weighted by Gasteiger charge is 2.14. The number of hydrogen-bond acceptors (Lipinski definition) is 7. The topological polar surface area (TPSA) is 110 Å². The minimum atomic E-state index is -0.261. The lowest BCUT2D eigenvalue weighted by molar-refractivity contribution is -0.113. The SMILES string of the molecule is Nn1c(NN=C2CCCC2)nnc1SCC(=O)Nc1cccc(Cl)c1Cl. The molecule has 1 aliphatic carbocycles. The van der Waals surface area contributed by atoms with E-state index in [1.807, 2.05) is 0 Å². The fourth-order valence-corrected chi connectivity index (χ4v) is 3.40. The van der Waals surface area contributed by atoms with Crippen LogP contribution in [-0.2, 0) is 4.79 Å². The molecule has 1 amide bonds. The molecule has 2 aromatic rings. The van der Waals surface area contributed by atoms with E-state index < -0.39 is 0 Å². The van der Waals surface area contributed by atoms with E-state index in [2.05, 4.69) is 26.0 Å². The van der Waals surface area contributed by atoms with Crippen molar-refractivity contribution < 1.29 is 4.79 Å². The summed E-state index contributed by atoms with van der Waals surface area (Å²) in [6.45, 7) is 0. The molecule has 8 nitrogen and oxygen atoms in total. The molecule has 0 bridgehead atoms. The lowest BCUT2D eigenvalue weighted by atomic mass is 10.3. The molecule has 1 fully saturated rings. The molecule has 1 aromatic carbocycles. The molecule has 0 atom stereocenters. The summed E-state index contributed by atoms with van der Waals surface area (Å²) in [5.74, 6) is 6.09. The van der Waals surface area contributed by atoms with Crippen LogP contribution < -0.4 is 16.6 Å². The number of nitrogen functional groups attached to an aromatic ring is 1. The number of amides is 1. The van der Waals surface area contributed by atoms with Gasteiger partial charge in [-0.25, -0.2) is 10.1 Å². The van der Waals surface area contributed by atoms with Crippen molar-refractivity contribution in [2.45, 2.75) is 30.8 Å². The maximum Gasteiger partial charge on any atom is 0.264 e. The summed E-state index contributed by atoms with van der Waals surface area (Å²) in [4.78, 5) is 12.1. The van der Waals surface area contributed by atoms with Gasteiger partial charge in [-0.1, -0.05) is 41.0 Å². The van der Waals surface area contributed by atoms with Gasteiger partial charge >= 0.3 is 0 Å². The molecular formula is C15H17Cl2N7OS. The number of anilines is 2. The number of carbonyl (C=O) groups is 1. The number of nitrogens with zero attached hydrogens (tertiary/aromatic N) is 4. The summed E-state index contributed by atoms with van der Waals surface area (Å²) in [5, 5.41) is 16.0. The van der Waals surface area contributed by atoms with Crippen LogP contribution >= 0.6 is 35.0 Å². The Labute approximate surface area is 164 Å². The van der Waals surface area contributed by atoms with Crippen LogP contribution in [0.1, 0.15) is 25.7 Å². The van der Waals surface area contributed by atoms with Gasteiger partial charge < -0.3 is 11.2 Å². The Hall–Kier alpha value is -1.97. The lowest BCUT2D eigenvalue weighted by Crippen LogP contribution is -2.17. The van der Waals surface area contributed by atoms with Crippen molar-refractivity contribution in [3.63, 3.8) is 0 Å². The Balaban J connectivity index is 1.55. The van der Waals surface area contributed by atoms with E-state index in [9.17, 15) is 4.79 Å². The molecule has 1 heterocycles. The lowest BCUT2D eigenvalue weighted by Gasteiger charge is -2.08. The molecule has 0 aliphatic heterocycles. The Morgan fingerprint density at radius 1 is 1.31 bits per heavy atom. The fraction of sp³-hybridized carbons (Fsp3) is 0.333. The second-order valence-corrected chi connectivity index (χ2v) is 7.34. The molecule has 26 heavy (non-hydrogen) atoms. The second kappa shape index (κ2) is 8.61. The van der Waals surface area contributed by atoms with E-state index in [0.29, 0.717) is 26.8 Å². The van der Waals surface area contributed by atoms with Crippen LogP contribution in [0.25, 0.3) is 0 Å². The van der Waals surface area contributed by atoms with Gasteiger partial charge in [-0.3, -0.25) is 4.79 Å². The van der Waals surface area contributed by atoms with Crippen molar-refractivity contribution in [1.29, 1.82) is 0 Å². The Kier molecular flexibility index (Phi) is 6.23. The third-order valence-electron chi connectivity index (χ3n) is 3.72. The van der Waals surface area contributed by atoms with Crippen LogP contribution in [0.15, 0.2) is 28.5 Å². The summed E-state index contributed by atoms with van der Waals surface area (Å²) in [5.41, 5.74) is 4.37. The number of hydrogen-bond donors (Lipinski definition) is 3. The number of aromatic nitrogens is 3. The third kappa shape index (κ3) is 4.60. The van der Waals surface area contributed by atoms with E-state index in [4.69, 9.17) is 29.0 Å². The first-order valence-corrected chi connectivity index (χ1v) is 9.67. The van der Waals surface area contributed by atoms with E-state index in [1.54, 1.807) is 18.2 Å². The smallest absolute Gasteiger partial charge is 0.264 e. The van der Waals surface area contributed by atoms with Crippen molar-refractivity contribution in [2.75, 3.05) is 22.3 Å². The van der Waals surface area contributed by atoms with Gasteiger partial charge in [0.1, 0.15) is 0 Å². The minimum Gasteiger partial charge on any atom is -0.334 e. The Morgan fingerprint density at radius 2 is 2.08 bits per heavy atom. The molecule has 1 saturated carbocycles. The Bertz CT molecular complexity index is 831. The average molecular weight is 414 g/mol. The summed E-state index contributed by atoms with van der Waals surface area (Å²) in [6, 6.07) is 5.03. The maximum absolute atomic E-state index is 12.1. The number of nitrogens with two attached hydrogens (primary N) is 1.